The normalized spacial score (nSPS) is 25.1. The van der Waals surface area contributed by atoms with Crippen LogP contribution in [-0.4, -0.2) is 38.5 Å². The van der Waals surface area contributed by atoms with E-state index in [2.05, 4.69) is 27.8 Å². The van der Waals surface area contributed by atoms with Gasteiger partial charge < -0.3 is 9.84 Å². The van der Waals surface area contributed by atoms with Crippen molar-refractivity contribution in [3.05, 3.63) is 11.7 Å². The van der Waals surface area contributed by atoms with Crippen molar-refractivity contribution < 1.29 is 18.9 Å². The Bertz CT molecular complexity index is 708. The van der Waals surface area contributed by atoms with E-state index in [1.807, 2.05) is 6.92 Å². The first kappa shape index (κ1) is 19.3. The number of amides is 4. The summed E-state index contributed by atoms with van der Waals surface area (Å²) in [7, 11) is 0. The molecule has 0 unspecified atom stereocenters. The van der Waals surface area contributed by atoms with E-state index in [9.17, 15) is 14.4 Å². The summed E-state index contributed by atoms with van der Waals surface area (Å²) in [6.45, 7) is 4.18. The third-order valence-electron chi connectivity index (χ3n) is 5.30. The Morgan fingerprint density at radius 2 is 2.07 bits per heavy atom. The summed E-state index contributed by atoms with van der Waals surface area (Å²) in [4.78, 5) is 41.3. The number of hydrogen-bond donors (Lipinski definition) is 2. The Balaban J connectivity index is 1.47. The van der Waals surface area contributed by atoms with Crippen LogP contribution < -0.4 is 10.7 Å². The number of rotatable bonds is 7. The molecule has 9 heteroatoms. The molecule has 2 heterocycles. The number of imide groups is 1. The predicted octanol–water partition coefficient (Wildman–Crippen LogP) is 1.88. The lowest BCUT2D eigenvalue weighted by molar-refractivity contribution is -0.140. The van der Waals surface area contributed by atoms with Crippen molar-refractivity contribution >= 4 is 17.8 Å². The number of urea groups is 1. The Morgan fingerprint density at radius 3 is 2.78 bits per heavy atom. The van der Waals surface area contributed by atoms with E-state index in [1.165, 1.54) is 0 Å². The fourth-order valence-corrected chi connectivity index (χ4v) is 3.61. The zero-order chi connectivity index (χ0) is 19.4. The average molecular weight is 377 g/mol. The molecular formula is C18H27N5O4. The highest BCUT2D eigenvalue weighted by molar-refractivity contribution is 6.08. The molecule has 27 heavy (non-hydrogen) atoms. The van der Waals surface area contributed by atoms with Crippen molar-refractivity contribution in [2.24, 2.45) is 5.92 Å². The minimum atomic E-state index is -0.851. The Labute approximate surface area is 158 Å². The van der Waals surface area contributed by atoms with E-state index < -0.39 is 11.6 Å². The molecule has 1 aliphatic carbocycles. The molecule has 2 fully saturated rings. The van der Waals surface area contributed by atoms with Crippen LogP contribution in [0.2, 0.25) is 0 Å². The summed E-state index contributed by atoms with van der Waals surface area (Å²) in [5.74, 6) is 0.980. The van der Waals surface area contributed by atoms with E-state index in [4.69, 9.17) is 4.52 Å². The lowest BCUT2D eigenvalue weighted by Gasteiger charge is -2.33. The number of carbonyl (C=O) groups excluding carboxylic acids is 3. The Hall–Kier alpha value is -2.45. The summed E-state index contributed by atoms with van der Waals surface area (Å²) < 4.78 is 5.13. The van der Waals surface area contributed by atoms with Gasteiger partial charge in [-0.3, -0.25) is 15.0 Å². The molecule has 1 aromatic heterocycles. The smallest absolute Gasteiger partial charge is 0.339 e. The molecule has 1 saturated heterocycles. The second kappa shape index (κ2) is 8.06. The van der Waals surface area contributed by atoms with Crippen molar-refractivity contribution in [2.45, 2.75) is 77.2 Å². The molecule has 1 aromatic rings. The number of aromatic nitrogens is 2. The SMILES string of the molecule is CCCc1noc(CCCC(=O)NN2C(=O)NC3(CCC(C)CC3)C2=O)n1. The highest BCUT2D eigenvalue weighted by atomic mass is 16.5. The Kier molecular flexibility index (Phi) is 5.76. The number of aryl methyl sites for hydroxylation is 2. The minimum Gasteiger partial charge on any atom is -0.339 e. The molecule has 4 amide bonds. The number of nitrogens with one attached hydrogen (secondary N) is 2. The van der Waals surface area contributed by atoms with Gasteiger partial charge in [-0.1, -0.05) is 19.0 Å². The first-order valence-electron chi connectivity index (χ1n) is 9.71. The van der Waals surface area contributed by atoms with Gasteiger partial charge in [0.15, 0.2) is 5.82 Å². The van der Waals surface area contributed by atoms with Gasteiger partial charge in [0.1, 0.15) is 5.54 Å². The van der Waals surface area contributed by atoms with Crippen molar-refractivity contribution in [1.82, 2.24) is 25.9 Å². The molecule has 9 nitrogen and oxygen atoms in total. The average Bonchev–Trinajstić information content (AvgIpc) is 3.17. The van der Waals surface area contributed by atoms with Crippen LogP contribution in [0.3, 0.4) is 0 Å². The first-order chi connectivity index (χ1) is 12.9. The molecule has 0 aromatic carbocycles. The molecule has 1 saturated carbocycles. The van der Waals surface area contributed by atoms with Crippen LogP contribution in [0, 0.1) is 5.92 Å². The van der Waals surface area contributed by atoms with E-state index in [0.29, 0.717) is 43.3 Å². The third-order valence-corrected chi connectivity index (χ3v) is 5.30. The maximum atomic E-state index is 12.7. The quantitative estimate of drug-likeness (QED) is 0.701. The number of carbonyl (C=O) groups is 3. The van der Waals surface area contributed by atoms with Gasteiger partial charge in [0.25, 0.3) is 5.91 Å². The zero-order valence-corrected chi connectivity index (χ0v) is 15.9. The monoisotopic (exact) mass is 377 g/mol. The number of hydrazine groups is 1. The summed E-state index contributed by atoms with van der Waals surface area (Å²) >= 11 is 0. The first-order valence-corrected chi connectivity index (χ1v) is 9.71. The zero-order valence-electron chi connectivity index (χ0n) is 15.9. The van der Waals surface area contributed by atoms with Crippen LogP contribution in [0.25, 0.3) is 0 Å². The van der Waals surface area contributed by atoms with E-state index in [-0.39, 0.29) is 18.2 Å². The van der Waals surface area contributed by atoms with Crippen LogP contribution in [-0.2, 0) is 22.4 Å². The van der Waals surface area contributed by atoms with Gasteiger partial charge in [-0.05, 0) is 44.4 Å². The predicted molar refractivity (Wildman–Crippen MR) is 95.1 cm³/mol. The van der Waals surface area contributed by atoms with Gasteiger partial charge in [-0.2, -0.15) is 9.99 Å². The van der Waals surface area contributed by atoms with Crippen molar-refractivity contribution in [2.75, 3.05) is 0 Å². The molecule has 148 valence electrons. The Morgan fingerprint density at radius 1 is 1.33 bits per heavy atom. The molecule has 0 bridgehead atoms. The van der Waals surface area contributed by atoms with Gasteiger partial charge >= 0.3 is 6.03 Å². The molecule has 2 N–H and O–H groups in total. The van der Waals surface area contributed by atoms with Crippen molar-refractivity contribution in [3.8, 4) is 0 Å². The molecular weight excluding hydrogens is 350 g/mol. The molecule has 0 atom stereocenters. The number of nitrogens with zero attached hydrogens (tertiary/aromatic N) is 3. The summed E-state index contributed by atoms with van der Waals surface area (Å²) in [6.07, 6.45) is 5.83. The molecule has 0 radical (unpaired) electrons. The summed E-state index contributed by atoms with van der Waals surface area (Å²) in [5.41, 5.74) is 1.59. The minimum absolute atomic E-state index is 0.159. The van der Waals surface area contributed by atoms with E-state index in [1.54, 1.807) is 0 Å². The van der Waals surface area contributed by atoms with Gasteiger partial charge in [0.2, 0.25) is 11.8 Å². The summed E-state index contributed by atoms with van der Waals surface area (Å²) in [5, 5.41) is 7.49. The fraction of sp³-hybridized carbons (Fsp3) is 0.722. The van der Waals surface area contributed by atoms with Crippen molar-refractivity contribution in [3.63, 3.8) is 0 Å². The summed E-state index contributed by atoms with van der Waals surface area (Å²) in [6, 6.07) is -0.552. The second-order valence-electron chi connectivity index (χ2n) is 7.58. The van der Waals surface area contributed by atoms with Crippen molar-refractivity contribution in [1.29, 1.82) is 0 Å². The molecule has 2 aliphatic rings. The van der Waals surface area contributed by atoms with Crippen LogP contribution >= 0.6 is 0 Å². The van der Waals surface area contributed by atoms with Crippen LogP contribution in [0.15, 0.2) is 4.52 Å². The third kappa shape index (κ3) is 4.28. The lowest BCUT2D eigenvalue weighted by atomic mass is 9.77. The second-order valence-corrected chi connectivity index (χ2v) is 7.58. The van der Waals surface area contributed by atoms with Crippen LogP contribution in [0.5, 0.6) is 0 Å². The topological polar surface area (TPSA) is 117 Å². The van der Waals surface area contributed by atoms with Gasteiger partial charge in [0.05, 0.1) is 0 Å². The van der Waals surface area contributed by atoms with Gasteiger partial charge in [-0.15, -0.1) is 0 Å². The van der Waals surface area contributed by atoms with E-state index >= 15 is 0 Å². The molecule has 1 spiro atoms. The highest BCUT2D eigenvalue weighted by Crippen LogP contribution is 2.35. The van der Waals surface area contributed by atoms with E-state index in [0.717, 1.165) is 30.7 Å². The standard InChI is InChI=1S/C18H27N5O4/c1-3-5-13-19-15(27-22-13)7-4-6-14(24)21-23-16(25)18(20-17(23)26)10-8-12(2)9-11-18/h12H,3-11H2,1-2H3,(H,20,26)(H,21,24). The number of hydrogen-bond acceptors (Lipinski definition) is 6. The fourth-order valence-electron chi connectivity index (χ4n) is 3.61. The lowest BCUT2D eigenvalue weighted by Crippen LogP contribution is -2.51. The molecule has 1 aliphatic heterocycles. The van der Waals surface area contributed by atoms with Crippen LogP contribution in [0.1, 0.15) is 70.5 Å². The highest BCUT2D eigenvalue weighted by Gasteiger charge is 2.52. The maximum Gasteiger partial charge on any atom is 0.344 e. The largest absolute Gasteiger partial charge is 0.344 e. The van der Waals surface area contributed by atoms with Gasteiger partial charge in [0, 0.05) is 19.3 Å². The van der Waals surface area contributed by atoms with Crippen LogP contribution in [0.4, 0.5) is 4.79 Å². The maximum absolute atomic E-state index is 12.7. The molecule has 3 rings (SSSR count). The van der Waals surface area contributed by atoms with Gasteiger partial charge in [-0.25, -0.2) is 4.79 Å².